The Balaban J connectivity index is 1.69. The third kappa shape index (κ3) is 5.25. The van der Waals surface area contributed by atoms with Crippen LogP contribution < -0.4 is 9.64 Å². The highest BCUT2D eigenvalue weighted by molar-refractivity contribution is 5.94. The lowest BCUT2D eigenvalue weighted by molar-refractivity contribution is -0.384. The molecule has 1 amide bonds. The maximum absolute atomic E-state index is 12.9. The average molecular weight is 437 g/mol. The van der Waals surface area contributed by atoms with Crippen LogP contribution in [0.15, 0.2) is 42.5 Å². The molecule has 0 bridgehead atoms. The SMILES string of the molecule is CC(C)Oc1ccc(C(=O)N2CCN(c3ccc(C(F)(F)F)cc3[N+](=O)[O-])CC2)cc1. The minimum absolute atomic E-state index is 0.0175. The summed E-state index contributed by atoms with van der Waals surface area (Å²) in [5, 5.41) is 11.3. The van der Waals surface area contributed by atoms with Crippen LogP contribution in [-0.4, -0.2) is 48.0 Å². The van der Waals surface area contributed by atoms with E-state index in [4.69, 9.17) is 4.74 Å². The number of anilines is 1. The Kier molecular flexibility index (Phi) is 6.37. The van der Waals surface area contributed by atoms with Crippen LogP contribution in [0.25, 0.3) is 0 Å². The van der Waals surface area contributed by atoms with E-state index in [9.17, 15) is 28.1 Å². The van der Waals surface area contributed by atoms with Crippen LogP contribution in [0.2, 0.25) is 0 Å². The van der Waals surface area contributed by atoms with Crippen LogP contribution in [0, 0.1) is 10.1 Å². The molecule has 10 heteroatoms. The zero-order valence-corrected chi connectivity index (χ0v) is 17.1. The Morgan fingerprint density at radius 2 is 1.68 bits per heavy atom. The van der Waals surface area contributed by atoms with Crippen molar-refractivity contribution in [2.24, 2.45) is 0 Å². The van der Waals surface area contributed by atoms with Gasteiger partial charge in [-0.3, -0.25) is 14.9 Å². The highest BCUT2D eigenvalue weighted by atomic mass is 19.4. The van der Waals surface area contributed by atoms with Crippen LogP contribution in [0.1, 0.15) is 29.8 Å². The standard InChI is InChI=1S/C21H22F3N3O4/c1-14(2)31-17-6-3-15(4-7-17)20(28)26-11-9-25(10-12-26)18-8-5-16(21(22,23)24)13-19(18)27(29)30/h3-8,13-14H,9-12H2,1-2H3. The summed E-state index contributed by atoms with van der Waals surface area (Å²) in [6.45, 7) is 4.93. The molecule has 3 rings (SSSR count). The van der Waals surface area contributed by atoms with Gasteiger partial charge in [-0.2, -0.15) is 13.2 Å². The van der Waals surface area contributed by atoms with Gasteiger partial charge in [-0.15, -0.1) is 0 Å². The summed E-state index contributed by atoms with van der Waals surface area (Å²) in [5.41, 5.74) is -1.07. The van der Waals surface area contributed by atoms with E-state index in [0.717, 1.165) is 12.1 Å². The van der Waals surface area contributed by atoms with Gasteiger partial charge in [0, 0.05) is 37.8 Å². The molecule has 31 heavy (non-hydrogen) atoms. The van der Waals surface area contributed by atoms with E-state index in [1.54, 1.807) is 34.1 Å². The molecule has 1 aliphatic rings. The minimum atomic E-state index is -4.66. The van der Waals surface area contributed by atoms with E-state index >= 15 is 0 Å². The van der Waals surface area contributed by atoms with Crippen molar-refractivity contribution in [1.29, 1.82) is 0 Å². The number of hydrogen-bond donors (Lipinski definition) is 0. The summed E-state index contributed by atoms with van der Waals surface area (Å²) in [4.78, 5) is 26.5. The second-order valence-electron chi connectivity index (χ2n) is 7.43. The molecule has 1 aliphatic heterocycles. The Bertz CT molecular complexity index is 953. The molecule has 2 aromatic carbocycles. The predicted molar refractivity (Wildman–Crippen MR) is 108 cm³/mol. The Morgan fingerprint density at radius 1 is 1.06 bits per heavy atom. The van der Waals surface area contributed by atoms with Gasteiger partial charge in [-0.1, -0.05) is 0 Å². The topological polar surface area (TPSA) is 75.9 Å². The molecule has 0 aliphatic carbocycles. The number of amides is 1. The fraction of sp³-hybridized carbons (Fsp3) is 0.381. The molecule has 0 spiro atoms. The lowest BCUT2D eigenvalue weighted by atomic mass is 10.1. The van der Waals surface area contributed by atoms with Gasteiger partial charge in [0.1, 0.15) is 11.4 Å². The molecule has 0 saturated carbocycles. The molecule has 0 radical (unpaired) electrons. The van der Waals surface area contributed by atoms with Gasteiger partial charge in [0.15, 0.2) is 0 Å². The monoisotopic (exact) mass is 437 g/mol. The van der Waals surface area contributed by atoms with Crippen molar-refractivity contribution in [1.82, 2.24) is 4.90 Å². The second kappa shape index (κ2) is 8.83. The number of carbonyl (C=O) groups excluding carboxylic acids is 1. The molecule has 0 unspecified atom stereocenters. The maximum atomic E-state index is 12.9. The number of rotatable bonds is 5. The van der Waals surface area contributed by atoms with Crippen molar-refractivity contribution in [2.75, 3.05) is 31.1 Å². The molecular formula is C21H22F3N3O4. The normalized spacial score (nSPS) is 14.6. The van der Waals surface area contributed by atoms with Crippen LogP contribution in [0.5, 0.6) is 5.75 Å². The second-order valence-corrected chi connectivity index (χ2v) is 7.43. The van der Waals surface area contributed by atoms with Gasteiger partial charge in [-0.25, -0.2) is 0 Å². The van der Waals surface area contributed by atoms with Crippen molar-refractivity contribution < 1.29 is 27.6 Å². The molecule has 0 aromatic heterocycles. The van der Waals surface area contributed by atoms with Gasteiger partial charge in [0.2, 0.25) is 0 Å². The quantitative estimate of drug-likeness (QED) is 0.513. The summed E-state index contributed by atoms with van der Waals surface area (Å²) in [6, 6.07) is 9.28. The minimum Gasteiger partial charge on any atom is -0.491 e. The third-order valence-corrected chi connectivity index (χ3v) is 4.88. The first-order valence-corrected chi connectivity index (χ1v) is 9.73. The molecule has 1 saturated heterocycles. The fourth-order valence-corrected chi connectivity index (χ4v) is 3.39. The van der Waals surface area contributed by atoms with Crippen molar-refractivity contribution in [3.05, 3.63) is 63.7 Å². The summed E-state index contributed by atoms with van der Waals surface area (Å²) in [5.74, 6) is 0.476. The Hall–Kier alpha value is -3.30. The molecule has 7 nitrogen and oxygen atoms in total. The van der Waals surface area contributed by atoms with Gasteiger partial charge in [-0.05, 0) is 50.2 Å². The number of benzene rings is 2. The van der Waals surface area contributed by atoms with Crippen LogP contribution in [0.3, 0.4) is 0 Å². The molecular weight excluding hydrogens is 415 g/mol. The first kappa shape index (κ1) is 22.4. The number of halogens is 3. The number of carbonyl (C=O) groups is 1. The smallest absolute Gasteiger partial charge is 0.416 e. The third-order valence-electron chi connectivity index (χ3n) is 4.88. The Labute approximate surface area is 177 Å². The number of nitrogens with zero attached hydrogens (tertiary/aromatic N) is 3. The highest BCUT2D eigenvalue weighted by Crippen LogP contribution is 2.36. The van der Waals surface area contributed by atoms with E-state index in [1.807, 2.05) is 13.8 Å². The van der Waals surface area contributed by atoms with Gasteiger partial charge >= 0.3 is 6.18 Å². The van der Waals surface area contributed by atoms with Crippen LogP contribution in [-0.2, 0) is 6.18 Å². The number of nitro benzene ring substituents is 1. The molecule has 1 fully saturated rings. The van der Waals surface area contributed by atoms with E-state index < -0.39 is 22.4 Å². The van der Waals surface area contributed by atoms with Crippen molar-refractivity contribution in [3.8, 4) is 5.75 Å². The van der Waals surface area contributed by atoms with E-state index in [2.05, 4.69) is 0 Å². The number of alkyl halides is 3. The van der Waals surface area contributed by atoms with E-state index in [-0.39, 0.29) is 30.8 Å². The van der Waals surface area contributed by atoms with E-state index in [1.165, 1.54) is 0 Å². The van der Waals surface area contributed by atoms with Gasteiger partial charge in [0.25, 0.3) is 11.6 Å². The van der Waals surface area contributed by atoms with Crippen molar-refractivity contribution in [2.45, 2.75) is 26.1 Å². The van der Waals surface area contributed by atoms with Gasteiger partial charge in [0.05, 0.1) is 16.6 Å². The highest BCUT2D eigenvalue weighted by Gasteiger charge is 2.34. The molecule has 1 heterocycles. The zero-order valence-electron chi connectivity index (χ0n) is 17.1. The van der Waals surface area contributed by atoms with Gasteiger partial charge < -0.3 is 14.5 Å². The largest absolute Gasteiger partial charge is 0.491 e. The Morgan fingerprint density at radius 3 is 2.19 bits per heavy atom. The zero-order chi connectivity index (χ0) is 22.8. The summed E-state index contributed by atoms with van der Waals surface area (Å²) in [6.07, 6.45) is -4.65. The first-order chi connectivity index (χ1) is 14.6. The first-order valence-electron chi connectivity index (χ1n) is 9.73. The van der Waals surface area contributed by atoms with Crippen molar-refractivity contribution in [3.63, 3.8) is 0 Å². The lowest BCUT2D eigenvalue weighted by Crippen LogP contribution is -2.49. The van der Waals surface area contributed by atoms with Crippen molar-refractivity contribution >= 4 is 17.3 Å². The van der Waals surface area contributed by atoms with E-state index in [0.29, 0.717) is 30.5 Å². The molecule has 166 valence electrons. The summed E-state index contributed by atoms with van der Waals surface area (Å²) < 4.78 is 44.3. The van der Waals surface area contributed by atoms with Crippen LogP contribution >= 0.6 is 0 Å². The number of ether oxygens (including phenoxy) is 1. The molecule has 0 atom stereocenters. The maximum Gasteiger partial charge on any atom is 0.416 e. The summed E-state index contributed by atoms with van der Waals surface area (Å²) >= 11 is 0. The lowest BCUT2D eigenvalue weighted by Gasteiger charge is -2.36. The molecule has 0 N–H and O–H groups in total. The average Bonchev–Trinajstić information content (AvgIpc) is 2.72. The number of piperazine rings is 1. The molecule has 2 aromatic rings. The van der Waals surface area contributed by atoms with Crippen LogP contribution in [0.4, 0.5) is 24.5 Å². The number of nitro groups is 1. The number of hydrogen-bond acceptors (Lipinski definition) is 5. The summed E-state index contributed by atoms with van der Waals surface area (Å²) in [7, 11) is 0. The fourth-order valence-electron chi connectivity index (χ4n) is 3.39. The predicted octanol–water partition coefficient (Wildman–Crippen LogP) is 4.36.